The molecule has 0 fully saturated rings. The van der Waals surface area contributed by atoms with Crippen LogP contribution in [0.5, 0.6) is 5.75 Å². The molecule has 0 spiro atoms. The standard InChI is InChI=1S/C16H20O/c1-5-7-8-13(6-2)15-11-14(12(3)4)9-10-16(15)17/h5-12,17H,2H2,1,3-4H3. The second-order valence-electron chi connectivity index (χ2n) is 4.28. The van der Waals surface area contributed by atoms with Crippen molar-refractivity contribution < 1.29 is 5.11 Å². The lowest BCUT2D eigenvalue weighted by Crippen LogP contribution is -1.90. The molecule has 17 heavy (non-hydrogen) atoms. The Labute approximate surface area is 104 Å². The molecule has 0 heterocycles. The van der Waals surface area contributed by atoms with Crippen LogP contribution >= 0.6 is 0 Å². The third-order valence-electron chi connectivity index (χ3n) is 2.69. The fourth-order valence-corrected chi connectivity index (χ4v) is 1.61. The maximum atomic E-state index is 9.90. The van der Waals surface area contributed by atoms with E-state index in [0.29, 0.717) is 11.7 Å². The summed E-state index contributed by atoms with van der Waals surface area (Å²) in [6.07, 6.45) is 7.61. The first-order valence-corrected chi connectivity index (χ1v) is 5.88. The van der Waals surface area contributed by atoms with E-state index < -0.39 is 0 Å². The van der Waals surface area contributed by atoms with Crippen molar-refractivity contribution >= 4 is 5.57 Å². The van der Waals surface area contributed by atoms with Gasteiger partial charge >= 0.3 is 0 Å². The molecule has 1 aromatic carbocycles. The van der Waals surface area contributed by atoms with E-state index in [0.717, 1.165) is 11.1 Å². The lowest BCUT2D eigenvalue weighted by atomic mass is 9.96. The van der Waals surface area contributed by atoms with Gasteiger partial charge in [-0.3, -0.25) is 0 Å². The molecular formula is C16H20O. The monoisotopic (exact) mass is 228 g/mol. The minimum absolute atomic E-state index is 0.296. The highest BCUT2D eigenvalue weighted by Crippen LogP contribution is 2.29. The molecule has 0 aromatic heterocycles. The minimum Gasteiger partial charge on any atom is -0.507 e. The predicted octanol–water partition coefficient (Wildman–Crippen LogP) is 4.66. The Morgan fingerprint density at radius 3 is 2.59 bits per heavy atom. The zero-order valence-corrected chi connectivity index (χ0v) is 10.8. The van der Waals surface area contributed by atoms with Gasteiger partial charge in [-0.05, 0) is 36.1 Å². The zero-order valence-electron chi connectivity index (χ0n) is 10.8. The lowest BCUT2D eigenvalue weighted by Gasteiger charge is -2.10. The molecule has 1 nitrogen and oxygen atoms in total. The first-order chi connectivity index (χ1) is 8.10. The Morgan fingerprint density at radius 2 is 2.06 bits per heavy atom. The van der Waals surface area contributed by atoms with Crippen molar-refractivity contribution in [1.82, 2.24) is 0 Å². The van der Waals surface area contributed by atoms with E-state index in [-0.39, 0.29) is 0 Å². The third-order valence-corrected chi connectivity index (χ3v) is 2.69. The summed E-state index contributed by atoms with van der Waals surface area (Å²) >= 11 is 0. The molecule has 0 aliphatic heterocycles. The Balaban J connectivity index is 3.27. The normalized spacial score (nSPS) is 12.4. The molecule has 1 aromatic rings. The van der Waals surface area contributed by atoms with Crippen LogP contribution in [0.1, 0.15) is 37.8 Å². The van der Waals surface area contributed by atoms with Crippen molar-refractivity contribution in [3.05, 3.63) is 60.2 Å². The van der Waals surface area contributed by atoms with Gasteiger partial charge in [0.1, 0.15) is 5.75 Å². The van der Waals surface area contributed by atoms with E-state index in [1.54, 1.807) is 12.1 Å². The molecule has 0 aliphatic carbocycles. The molecule has 0 unspecified atom stereocenters. The van der Waals surface area contributed by atoms with Crippen LogP contribution in [-0.2, 0) is 0 Å². The molecule has 0 aliphatic rings. The van der Waals surface area contributed by atoms with Gasteiger partial charge in [-0.25, -0.2) is 0 Å². The van der Waals surface area contributed by atoms with Crippen molar-refractivity contribution in [2.45, 2.75) is 26.7 Å². The summed E-state index contributed by atoms with van der Waals surface area (Å²) in [5.74, 6) is 0.743. The van der Waals surface area contributed by atoms with E-state index in [9.17, 15) is 5.11 Å². The predicted molar refractivity (Wildman–Crippen MR) is 75.2 cm³/mol. The highest BCUT2D eigenvalue weighted by atomic mass is 16.3. The SMILES string of the molecule is C=CC(=CC=CC)c1cc(C(C)C)ccc1O. The Hall–Kier alpha value is -1.76. The van der Waals surface area contributed by atoms with Gasteiger partial charge in [-0.1, -0.05) is 50.8 Å². The zero-order chi connectivity index (χ0) is 12.8. The van der Waals surface area contributed by atoms with Crippen LogP contribution in [0.15, 0.2) is 49.1 Å². The minimum atomic E-state index is 0.296. The van der Waals surface area contributed by atoms with Gasteiger partial charge in [0.2, 0.25) is 0 Å². The number of phenols is 1. The van der Waals surface area contributed by atoms with Crippen molar-refractivity contribution in [3.8, 4) is 5.75 Å². The van der Waals surface area contributed by atoms with Gasteiger partial charge in [0.25, 0.3) is 0 Å². The highest BCUT2D eigenvalue weighted by Gasteiger charge is 2.07. The van der Waals surface area contributed by atoms with E-state index in [4.69, 9.17) is 0 Å². The third kappa shape index (κ3) is 3.35. The molecule has 0 radical (unpaired) electrons. The van der Waals surface area contributed by atoms with Crippen LogP contribution in [0.4, 0.5) is 0 Å². The number of hydrogen-bond acceptors (Lipinski definition) is 1. The highest BCUT2D eigenvalue weighted by molar-refractivity contribution is 5.78. The van der Waals surface area contributed by atoms with Crippen LogP contribution in [-0.4, -0.2) is 5.11 Å². The number of allylic oxidation sites excluding steroid dienone is 5. The van der Waals surface area contributed by atoms with Crippen LogP contribution in [0, 0.1) is 0 Å². The Morgan fingerprint density at radius 1 is 1.35 bits per heavy atom. The molecule has 1 rings (SSSR count). The molecule has 0 bridgehead atoms. The molecule has 0 saturated heterocycles. The first kappa shape index (κ1) is 13.3. The summed E-state index contributed by atoms with van der Waals surface area (Å²) in [4.78, 5) is 0. The first-order valence-electron chi connectivity index (χ1n) is 5.88. The van der Waals surface area contributed by atoms with Crippen LogP contribution < -0.4 is 0 Å². The topological polar surface area (TPSA) is 20.2 Å². The van der Waals surface area contributed by atoms with E-state index in [1.807, 2.05) is 37.3 Å². The number of rotatable bonds is 4. The van der Waals surface area contributed by atoms with Crippen LogP contribution in [0.2, 0.25) is 0 Å². The Bertz CT molecular complexity index is 451. The van der Waals surface area contributed by atoms with Crippen molar-refractivity contribution in [1.29, 1.82) is 0 Å². The average molecular weight is 228 g/mol. The molecule has 0 saturated carbocycles. The molecular weight excluding hydrogens is 208 g/mol. The number of aromatic hydroxyl groups is 1. The fraction of sp³-hybridized carbons (Fsp3) is 0.250. The van der Waals surface area contributed by atoms with Gasteiger partial charge in [0.05, 0.1) is 0 Å². The van der Waals surface area contributed by atoms with Gasteiger partial charge in [0, 0.05) is 5.56 Å². The maximum absolute atomic E-state index is 9.90. The molecule has 1 heteroatoms. The van der Waals surface area contributed by atoms with Gasteiger partial charge in [-0.15, -0.1) is 0 Å². The van der Waals surface area contributed by atoms with E-state index in [2.05, 4.69) is 20.4 Å². The number of benzene rings is 1. The Kier molecular flexibility index (Phi) is 4.77. The molecule has 0 atom stereocenters. The lowest BCUT2D eigenvalue weighted by molar-refractivity contribution is 0.473. The average Bonchev–Trinajstić information content (AvgIpc) is 2.31. The molecule has 1 N–H and O–H groups in total. The summed E-state index contributed by atoms with van der Waals surface area (Å²) in [5.41, 5.74) is 2.98. The van der Waals surface area contributed by atoms with Crippen molar-refractivity contribution in [3.63, 3.8) is 0 Å². The molecule has 90 valence electrons. The summed E-state index contributed by atoms with van der Waals surface area (Å²) in [7, 11) is 0. The van der Waals surface area contributed by atoms with E-state index in [1.165, 1.54) is 5.56 Å². The number of hydrogen-bond donors (Lipinski definition) is 1. The van der Waals surface area contributed by atoms with Gasteiger partial charge in [0.15, 0.2) is 0 Å². The largest absolute Gasteiger partial charge is 0.507 e. The number of phenolic OH excluding ortho intramolecular Hbond substituents is 1. The molecule has 0 amide bonds. The van der Waals surface area contributed by atoms with Crippen molar-refractivity contribution in [2.24, 2.45) is 0 Å². The van der Waals surface area contributed by atoms with Crippen LogP contribution in [0.25, 0.3) is 5.57 Å². The second-order valence-corrected chi connectivity index (χ2v) is 4.28. The van der Waals surface area contributed by atoms with Gasteiger partial charge < -0.3 is 5.11 Å². The maximum Gasteiger partial charge on any atom is 0.123 e. The summed E-state index contributed by atoms with van der Waals surface area (Å²) < 4.78 is 0. The summed E-state index contributed by atoms with van der Waals surface area (Å²) in [5, 5.41) is 9.90. The van der Waals surface area contributed by atoms with Gasteiger partial charge in [-0.2, -0.15) is 0 Å². The van der Waals surface area contributed by atoms with Crippen LogP contribution in [0.3, 0.4) is 0 Å². The quantitative estimate of drug-likeness (QED) is 0.743. The summed E-state index contributed by atoms with van der Waals surface area (Å²) in [6, 6.07) is 5.73. The van der Waals surface area contributed by atoms with E-state index >= 15 is 0 Å². The fourth-order valence-electron chi connectivity index (χ4n) is 1.61. The van der Waals surface area contributed by atoms with Crippen molar-refractivity contribution in [2.75, 3.05) is 0 Å². The smallest absolute Gasteiger partial charge is 0.123 e. The summed E-state index contributed by atoms with van der Waals surface area (Å²) in [6.45, 7) is 10.0. The second kappa shape index (κ2) is 6.09.